The SMILES string of the molecule is O=C(C1CCC1)N1CCOC(c2ncc(Cc3ccccc3Cl)o2)C1. The number of ether oxygens (including phenoxy) is 1. The van der Waals surface area contributed by atoms with Gasteiger partial charge < -0.3 is 14.1 Å². The van der Waals surface area contributed by atoms with E-state index < -0.39 is 0 Å². The number of halogens is 1. The van der Waals surface area contributed by atoms with Crippen molar-refractivity contribution in [2.45, 2.75) is 31.8 Å². The largest absolute Gasteiger partial charge is 0.442 e. The first-order chi connectivity index (χ1) is 12.2. The second-order valence-electron chi connectivity index (χ2n) is 6.70. The lowest BCUT2D eigenvalue weighted by Gasteiger charge is -2.36. The molecule has 1 aromatic carbocycles. The van der Waals surface area contributed by atoms with E-state index in [1.807, 2.05) is 29.2 Å². The van der Waals surface area contributed by atoms with E-state index in [4.69, 9.17) is 20.8 Å². The van der Waals surface area contributed by atoms with Gasteiger partial charge >= 0.3 is 0 Å². The predicted molar refractivity (Wildman–Crippen MR) is 93.4 cm³/mol. The van der Waals surface area contributed by atoms with Crippen molar-refractivity contribution in [2.75, 3.05) is 19.7 Å². The summed E-state index contributed by atoms with van der Waals surface area (Å²) in [5.41, 5.74) is 0.998. The van der Waals surface area contributed by atoms with Crippen LogP contribution in [0.5, 0.6) is 0 Å². The maximum atomic E-state index is 12.4. The Morgan fingerprint density at radius 1 is 1.32 bits per heavy atom. The van der Waals surface area contributed by atoms with Gasteiger partial charge in [0.1, 0.15) is 5.76 Å². The monoisotopic (exact) mass is 360 g/mol. The minimum Gasteiger partial charge on any atom is -0.442 e. The van der Waals surface area contributed by atoms with Crippen LogP contribution in [0.25, 0.3) is 0 Å². The lowest BCUT2D eigenvalue weighted by molar-refractivity contribution is -0.146. The molecule has 4 rings (SSSR count). The molecule has 1 saturated heterocycles. The number of nitrogens with zero attached hydrogens (tertiary/aromatic N) is 2. The standard InChI is InChI=1S/C19H21ClN2O3/c20-16-7-2-1-4-14(16)10-15-11-21-18(25-15)17-12-22(8-9-24-17)19(23)13-5-3-6-13/h1-2,4,7,11,13,17H,3,5-6,8-10,12H2. The molecule has 0 bridgehead atoms. The van der Waals surface area contributed by atoms with Gasteiger partial charge in [-0.3, -0.25) is 4.79 Å². The molecular formula is C19H21ClN2O3. The number of amides is 1. The Morgan fingerprint density at radius 3 is 2.92 bits per heavy atom. The highest BCUT2D eigenvalue weighted by atomic mass is 35.5. The fourth-order valence-corrected chi connectivity index (χ4v) is 3.50. The number of morpholine rings is 1. The summed E-state index contributed by atoms with van der Waals surface area (Å²) in [4.78, 5) is 18.7. The molecule has 2 aliphatic rings. The molecule has 25 heavy (non-hydrogen) atoms. The van der Waals surface area contributed by atoms with Crippen LogP contribution in [0.4, 0.5) is 0 Å². The average molecular weight is 361 g/mol. The summed E-state index contributed by atoms with van der Waals surface area (Å²) >= 11 is 6.20. The molecule has 1 amide bonds. The zero-order valence-corrected chi connectivity index (χ0v) is 14.7. The molecule has 2 fully saturated rings. The Labute approximate surface area is 151 Å². The van der Waals surface area contributed by atoms with Crippen molar-refractivity contribution in [1.82, 2.24) is 9.88 Å². The van der Waals surface area contributed by atoms with E-state index in [-0.39, 0.29) is 17.9 Å². The van der Waals surface area contributed by atoms with Crippen LogP contribution in [0.15, 0.2) is 34.9 Å². The number of hydrogen-bond acceptors (Lipinski definition) is 4. The predicted octanol–water partition coefficient (Wildman–Crippen LogP) is 3.62. The van der Waals surface area contributed by atoms with Gasteiger partial charge in [-0.2, -0.15) is 0 Å². The van der Waals surface area contributed by atoms with Gasteiger partial charge in [-0.25, -0.2) is 4.98 Å². The van der Waals surface area contributed by atoms with Gasteiger partial charge in [0.15, 0.2) is 6.10 Å². The Kier molecular flexibility index (Phi) is 4.77. The third kappa shape index (κ3) is 3.58. The van der Waals surface area contributed by atoms with Crippen LogP contribution in [0.3, 0.4) is 0 Å². The topological polar surface area (TPSA) is 55.6 Å². The molecule has 1 aliphatic heterocycles. The maximum Gasteiger partial charge on any atom is 0.225 e. The quantitative estimate of drug-likeness (QED) is 0.835. The molecule has 1 unspecified atom stereocenters. The number of oxazole rings is 1. The van der Waals surface area contributed by atoms with E-state index in [2.05, 4.69) is 4.98 Å². The highest BCUT2D eigenvalue weighted by Crippen LogP contribution is 2.31. The smallest absolute Gasteiger partial charge is 0.225 e. The average Bonchev–Trinajstić information content (AvgIpc) is 3.04. The van der Waals surface area contributed by atoms with Crippen molar-refractivity contribution in [2.24, 2.45) is 5.92 Å². The van der Waals surface area contributed by atoms with E-state index in [9.17, 15) is 4.79 Å². The second-order valence-corrected chi connectivity index (χ2v) is 7.11. The fourth-order valence-electron chi connectivity index (χ4n) is 3.29. The zero-order chi connectivity index (χ0) is 17.2. The minimum atomic E-state index is -0.294. The van der Waals surface area contributed by atoms with E-state index in [0.29, 0.717) is 37.0 Å². The van der Waals surface area contributed by atoms with Crippen molar-refractivity contribution < 1.29 is 13.9 Å². The van der Waals surface area contributed by atoms with Crippen molar-refractivity contribution in [3.8, 4) is 0 Å². The Bertz CT molecular complexity index is 757. The van der Waals surface area contributed by atoms with Crippen molar-refractivity contribution >= 4 is 17.5 Å². The summed E-state index contributed by atoms with van der Waals surface area (Å²) in [5, 5.41) is 0.714. The molecule has 132 valence electrons. The van der Waals surface area contributed by atoms with Crippen LogP contribution in [0, 0.1) is 5.92 Å². The number of benzene rings is 1. The first-order valence-electron chi connectivity index (χ1n) is 8.79. The normalized spacial score (nSPS) is 21.2. The third-order valence-corrected chi connectivity index (χ3v) is 5.37. The van der Waals surface area contributed by atoms with Gasteiger partial charge in [-0.15, -0.1) is 0 Å². The number of hydrogen-bond donors (Lipinski definition) is 0. The van der Waals surface area contributed by atoms with Crippen LogP contribution < -0.4 is 0 Å². The highest BCUT2D eigenvalue weighted by molar-refractivity contribution is 6.31. The van der Waals surface area contributed by atoms with Gasteiger partial charge in [0.05, 0.1) is 19.3 Å². The van der Waals surface area contributed by atoms with E-state index in [0.717, 1.165) is 30.6 Å². The molecule has 0 spiro atoms. The van der Waals surface area contributed by atoms with Gasteiger partial charge in [0.2, 0.25) is 11.8 Å². The molecule has 1 atom stereocenters. The molecule has 1 aliphatic carbocycles. The van der Waals surface area contributed by atoms with Gasteiger partial charge in [0, 0.05) is 23.9 Å². The van der Waals surface area contributed by atoms with Crippen LogP contribution in [-0.2, 0) is 16.0 Å². The Morgan fingerprint density at radius 2 is 2.16 bits per heavy atom. The van der Waals surface area contributed by atoms with Gasteiger partial charge in [0.25, 0.3) is 0 Å². The van der Waals surface area contributed by atoms with Crippen LogP contribution in [0.1, 0.15) is 42.6 Å². The summed E-state index contributed by atoms with van der Waals surface area (Å²) in [6.45, 7) is 1.69. The fraction of sp³-hybridized carbons (Fsp3) is 0.474. The van der Waals surface area contributed by atoms with E-state index >= 15 is 0 Å². The Balaban J connectivity index is 1.42. The highest BCUT2D eigenvalue weighted by Gasteiger charge is 2.34. The van der Waals surface area contributed by atoms with Crippen molar-refractivity contribution in [3.05, 3.63) is 52.7 Å². The van der Waals surface area contributed by atoms with E-state index in [1.165, 1.54) is 0 Å². The van der Waals surface area contributed by atoms with Crippen LogP contribution in [0.2, 0.25) is 5.02 Å². The maximum absolute atomic E-state index is 12.4. The molecule has 2 aromatic rings. The first kappa shape index (κ1) is 16.6. The molecule has 6 heteroatoms. The summed E-state index contributed by atoms with van der Waals surface area (Å²) in [5.74, 6) is 1.74. The van der Waals surface area contributed by atoms with Crippen molar-refractivity contribution in [3.63, 3.8) is 0 Å². The van der Waals surface area contributed by atoms with Gasteiger partial charge in [-0.05, 0) is 24.5 Å². The first-order valence-corrected chi connectivity index (χ1v) is 9.17. The van der Waals surface area contributed by atoms with Gasteiger partial charge in [-0.1, -0.05) is 36.2 Å². The Hall–Kier alpha value is -1.85. The summed E-state index contributed by atoms with van der Waals surface area (Å²) in [6.07, 6.45) is 5.20. The van der Waals surface area contributed by atoms with E-state index in [1.54, 1.807) is 6.20 Å². The zero-order valence-electron chi connectivity index (χ0n) is 14.0. The van der Waals surface area contributed by atoms with Crippen LogP contribution in [-0.4, -0.2) is 35.5 Å². The molecule has 2 heterocycles. The second kappa shape index (κ2) is 7.18. The minimum absolute atomic E-state index is 0.207. The molecule has 1 saturated carbocycles. The molecule has 1 aromatic heterocycles. The van der Waals surface area contributed by atoms with Crippen molar-refractivity contribution in [1.29, 1.82) is 0 Å². The molecular weight excluding hydrogens is 340 g/mol. The molecule has 5 nitrogen and oxygen atoms in total. The molecule has 0 radical (unpaired) electrons. The lowest BCUT2D eigenvalue weighted by Crippen LogP contribution is -2.46. The summed E-state index contributed by atoms with van der Waals surface area (Å²) in [6, 6.07) is 7.69. The third-order valence-electron chi connectivity index (χ3n) is 5.00. The number of aromatic nitrogens is 1. The summed E-state index contributed by atoms with van der Waals surface area (Å²) < 4.78 is 11.7. The van der Waals surface area contributed by atoms with Crippen LogP contribution >= 0.6 is 11.6 Å². The number of carbonyl (C=O) groups is 1. The summed E-state index contributed by atoms with van der Waals surface area (Å²) in [7, 11) is 0. The number of rotatable bonds is 4. The lowest BCUT2D eigenvalue weighted by atomic mass is 9.84. The molecule has 0 N–H and O–H groups in total. The number of carbonyl (C=O) groups excluding carboxylic acids is 1.